The summed E-state index contributed by atoms with van der Waals surface area (Å²) in [6.45, 7) is 2.41. The lowest BCUT2D eigenvalue weighted by molar-refractivity contribution is -0.130. The number of rotatable bonds is 6. The van der Waals surface area contributed by atoms with E-state index >= 15 is 0 Å². The van der Waals surface area contributed by atoms with Crippen molar-refractivity contribution in [3.8, 4) is 11.8 Å². The first-order chi connectivity index (χ1) is 16.5. The molecule has 3 aromatic rings. The van der Waals surface area contributed by atoms with Crippen LogP contribution in [0.25, 0.3) is 11.2 Å². The molecule has 1 amide bonds. The Kier molecular flexibility index (Phi) is 6.86. The highest BCUT2D eigenvalue weighted by molar-refractivity contribution is 5.83. The van der Waals surface area contributed by atoms with Crippen molar-refractivity contribution in [1.82, 2.24) is 24.8 Å². The number of nitrogen functional groups attached to an aromatic ring is 1. The SMILES string of the molecule is CCNC(=O)[C@H]1CC(n2cnc3c(N)nc(C#Cc4ccc(C=O)cc4)nc32)[C@H](OC)[C@@H]1OC. The number of nitrogens with one attached hydrogen (secondary N) is 1. The van der Waals surface area contributed by atoms with Crippen LogP contribution in [0.4, 0.5) is 5.82 Å². The summed E-state index contributed by atoms with van der Waals surface area (Å²) in [7, 11) is 3.17. The van der Waals surface area contributed by atoms with Crippen LogP contribution in [-0.2, 0) is 14.3 Å². The lowest BCUT2D eigenvalue weighted by Crippen LogP contribution is -2.40. The van der Waals surface area contributed by atoms with Crippen LogP contribution in [0.2, 0.25) is 0 Å². The van der Waals surface area contributed by atoms with Gasteiger partial charge in [-0.25, -0.2) is 15.0 Å². The maximum atomic E-state index is 12.7. The fraction of sp³-hybridized carbons (Fsp3) is 0.375. The Labute approximate surface area is 196 Å². The van der Waals surface area contributed by atoms with E-state index in [1.54, 1.807) is 44.8 Å². The molecule has 1 saturated carbocycles. The van der Waals surface area contributed by atoms with Gasteiger partial charge in [0.25, 0.3) is 0 Å². The van der Waals surface area contributed by atoms with E-state index in [0.717, 1.165) is 6.29 Å². The number of aromatic nitrogens is 4. The van der Waals surface area contributed by atoms with Gasteiger partial charge >= 0.3 is 0 Å². The minimum atomic E-state index is -0.424. The van der Waals surface area contributed by atoms with Crippen molar-refractivity contribution in [3.05, 3.63) is 47.5 Å². The highest BCUT2D eigenvalue weighted by Crippen LogP contribution is 2.40. The van der Waals surface area contributed by atoms with E-state index in [0.29, 0.717) is 35.3 Å². The van der Waals surface area contributed by atoms with Crippen LogP contribution in [-0.4, -0.2) is 64.7 Å². The number of nitrogens with zero attached hydrogens (tertiary/aromatic N) is 4. The molecule has 2 aromatic heterocycles. The number of anilines is 1. The standard InChI is InChI=1S/C24H26N6O4/c1-4-26-24(32)16-11-17(21(34-3)20(16)33-2)30-13-27-19-22(25)28-18(29-23(19)30)10-9-14-5-7-15(12-31)8-6-14/h5-8,12-13,16-17,20-21H,4,11H2,1-3H3,(H,26,32)(H2,25,28,29)/t16-,17?,20+,21-/m0/s1. The minimum Gasteiger partial charge on any atom is -0.382 e. The fourth-order valence-corrected chi connectivity index (χ4v) is 4.41. The second-order valence-corrected chi connectivity index (χ2v) is 7.95. The van der Waals surface area contributed by atoms with Crippen LogP contribution in [0.15, 0.2) is 30.6 Å². The van der Waals surface area contributed by atoms with Crippen molar-refractivity contribution in [3.63, 3.8) is 0 Å². The van der Waals surface area contributed by atoms with Gasteiger partial charge in [0.15, 0.2) is 11.5 Å². The lowest BCUT2D eigenvalue weighted by atomic mass is 10.0. The van der Waals surface area contributed by atoms with Gasteiger partial charge in [0.05, 0.1) is 24.4 Å². The van der Waals surface area contributed by atoms with E-state index in [1.165, 1.54) is 0 Å². The highest BCUT2D eigenvalue weighted by atomic mass is 16.5. The van der Waals surface area contributed by atoms with Crippen molar-refractivity contribution in [2.45, 2.75) is 31.6 Å². The van der Waals surface area contributed by atoms with Crippen LogP contribution in [0.5, 0.6) is 0 Å². The van der Waals surface area contributed by atoms with Gasteiger partial charge in [-0.1, -0.05) is 18.1 Å². The quantitative estimate of drug-likeness (QED) is 0.414. The number of benzene rings is 1. The van der Waals surface area contributed by atoms with E-state index in [9.17, 15) is 9.59 Å². The third-order valence-corrected chi connectivity index (χ3v) is 6.00. The van der Waals surface area contributed by atoms with Gasteiger partial charge < -0.3 is 25.1 Å². The number of hydrogen-bond donors (Lipinski definition) is 2. The third kappa shape index (κ3) is 4.35. The molecule has 34 heavy (non-hydrogen) atoms. The van der Waals surface area contributed by atoms with Crippen molar-refractivity contribution >= 4 is 29.2 Å². The van der Waals surface area contributed by atoms with Crippen molar-refractivity contribution in [2.24, 2.45) is 5.92 Å². The van der Waals surface area contributed by atoms with Crippen LogP contribution in [0.1, 0.15) is 41.1 Å². The largest absolute Gasteiger partial charge is 0.382 e. The number of imidazole rings is 1. The monoisotopic (exact) mass is 462 g/mol. The van der Waals surface area contributed by atoms with Gasteiger partial charge in [-0.15, -0.1) is 0 Å². The predicted octanol–water partition coefficient (Wildman–Crippen LogP) is 1.35. The number of hydrogen-bond acceptors (Lipinski definition) is 8. The van der Waals surface area contributed by atoms with Crippen LogP contribution in [0.3, 0.4) is 0 Å². The highest BCUT2D eigenvalue weighted by Gasteiger charge is 2.48. The van der Waals surface area contributed by atoms with E-state index in [-0.39, 0.29) is 29.5 Å². The van der Waals surface area contributed by atoms with Crippen LogP contribution >= 0.6 is 0 Å². The number of ether oxygens (including phenoxy) is 2. The lowest BCUT2D eigenvalue weighted by Gasteiger charge is -2.24. The van der Waals surface area contributed by atoms with Crippen LogP contribution < -0.4 is 11.1 Å². The summed E-state index contributed by atoms with van der Waals surface area (Å²) in [6.07, 6.45) is 2.08. The molecule has 0 radical (unpaired) electrons. The molecule has 176 valence electrons. The topological polar surface area (TPSA) is 134 Å². The van der Waals surface area contributed by atoms with Crippen molar-refractivity contribution in [1.29, 1.82) is 0 Å². The molecule has 0 bridgehead atoms. The fourth-order valence-electron chi connectivity index (χ4n) is 4.41. The van der Waals surface area contributed by atoms with E-state index in [1.807, 2.05) is 11.5 Å². The molecule has 4 rings (SSSR count). The number of carbonyl (C=O) groups excluding carboxylic acids is 2. The van der Waals surface area contributed by atoms with Crippen molar-refractivity contribution in [2.75, 3.05) is 26.5 Å². The summed E-state index contributed by atoms with van der Waals surface area (Å²) in [5, 5.41) is 2.87. The molecule has 1 unspecified atom stereocenters. The zero-order valence-corrected chi connectivity index (χ0v) is 19.2. The first kappa shape index (κ1) is 23.4. The van der Waals surface area contributed by atoms with Crippen molar-refractivity contribution < 1.29 is 19.1 Å². The molecular weight excluding hydrogens is 436 g/mol. The van der Waals surface area contributed by atoms with Gasteiger partial charge in [-0.3, -0.25) is 9.59 Å². The molecule has 4 atom stereocenters. The summed E-state index contributed by atoms with van der Waals surface area (Å²) < 4.78 is 13.3. The van der Waals surface area contributed by atoms with Gasteiger partial charge in [0.2, 0.25) is 11.7 Å². The molecule has 1 aromatic carbocycles. The van der Waals surface area contributed by atoms with E-state index in [2.05, 4.69) is 32.1 Å². The van der Waals surface area contributed by atoms with Gasteiger partial charge in [-0.05, 0) is 31.4 Å². The van der Waals surface area contributed by atoms with Gasteiger partial charge in [-0.2, -0.15) is 0 Å². The predicted molar refractivity (Wildman–Crippen MR) is 125 cm³/mol. The normalized spacial score (nSPS) is 21.7. The summed E-state index contributed by atoms with van der Waals surface area (Å²) in [5.74, 6) is 5.89. The molecule has 3 N–H and O–H groups in total. The second-order valence-electron chi connectivity index (χ2n) is 7.95. The second kappa shape index (κ2) is 9.99. The zero-order valence-electron chi connectivity index (χ0n) is 19.2. The summed E-state index contributed by atoms with van der Waals surface area (Å²) in [5.41, 5.74) is 8.40. The molecule has 1 fully saturated rings. The molecule has 2 heterocycles. The van der Waals surface area contributed by atoms with Gasteiger partial charge in [0.1, 0.15) is 17.9 Å². The molecule has 0 spiro atoms. The maximum absolute atomic E-state index is 12.7. The third-order valence-electron chi connectivity index (χ3n) is 6.00. The Morgan fingerprint density at radius 2 is 1.94 bits per heavy atom. The zero-order chi connectivity index (χ0) is 24.2. The Morgan fingerprint density at radius 1 is 1.21 bits per heavy atom. The van der Waals surface area contributed by atoms with E-state index in [4.69, 9.17) is 15.2 Å². The summed E-state index contributed by atoms with van der Waals surface area (Å²) in [4.78, 5) is 36.8. The Bertz CT molecular complexity index is 1260. The number of aldehydes is 1. The number of amides is 1. The molecule has 10 nitrogen and oxygen atoms in total. The first-order valence-electron chi connectivity index (χ1n) is 10.9. The minimum absolute atomic E-state index is 0.0791. The number of nitrogens with two attached hydrogens (primary N) is 1. The smallest absolute Gasteiger partial charge is 0.225 e. The summed E-state index contributed by atoms with van der Waals surface area (Å²) >= 11 is 0. The number of fused-ring (bicyclic) bond motifs is 1. The summed E-state index contributed by atoms with van der Waals surface area (Å²) in [6, 6.07) is 6.62. The average Bonchev–Trinajstić information content (AvgIpc) is 3.44. The molecular formula is C24H26N6O4. The van der Waals surface area contributed by atoms with Gasteiger partial charge in [0, 0.05) is 31.9 Å². The molecule has 0 aliphatic heterocycles. The number of methoxy groups -OCH3 is 2. The Hall–Kier alpha value is -3.81. The Morgan fingerprint density at radius 3 is 2.59 bits per heavy atom. The van der Waals surface area contributed by atoms with E-state index < -0.39 is 12.2 Å². The Balaban J connectivity index is 1.71. The first-order valence-corrected chi connectivity index (χ1v) is 10.9. The molecule has 0 saturated heterocycles. The average molecular weight is 463 g/mol. The molecule has 1 aliphatic rings. The number of carbonyl (C=O) groups is 2. The maximum Gasteiger partial charge on any atom is 0.225 e. The molecule has 10 heteroatoms. The molecule has 1 aliphatic carbocycles. The van der Waals surface area contributed by atoms with Crippen LogP contribution in [0, 0.1) is 17.8 Å².